The summed E-state index contributed by atoms with van der Waals surface area (Å²) in [6, 6.07) is 10.6. The monoisotopic (exact) mass is 255 g/mol. The Labute approximate surface area is 115 Å². The van der Waals surface area contributed by atoms with Crippen LogP contribution in [0.1, 0.15) is 22.5 Å². The zero-order valence-electron chi connectivity index (χ0n) is 12.1. The molecule has 1 aromatic carbocycles. The number of hydrogen-bond donors (Lipinski definition) is 1. The summed E-state index contributed by atoms with van der Waals surface area (Å²) >= 11 is 0. The molecule has 0 amide bonds. The van der Waals surface area contributed by atoms with Crippen LogP contribution in [0.4, 0.5) is 11.4 Å². The third-order valence-electron chi connectivity index (χ3n) is 3.39. The van der Waals surface area contributed by atoms with Crippen LogP contribution in [0.2, 0.25) is 0 Å². The second-order valence-electron chi connectivity index (χ2n) is 4.95. The first-order valence-corrected chi connectivity index (χ1v) is 6.50. The lowest BCUT2D eigenvalue weighted by molar-refractivity contribution is 0.973. The van der Waals surface area contributed by atoms with E-state index in [4.69, 9.17) is 5.73 Å². The molecule has 19 heavy (non-hydrogen) atoms. The molecule has 1 aromatic heterocycles. The fourth-order valence-corrected chi connectivity index (χ4v) is 2.36. The van der Waals surface area contributed by atoms with Crippen LogP contribution in [-0.4, -0.2) is 12.0 Å². The zero-order valence-corrected chi connectivity index (χ0v) is 12.1. The lowest BCUT2D eigenvalue weighted by Gasteiger charge is -2.24. The summed E-state index contributed by atoms with van der Waals surface area (Å²) in [4.78, 5) is 6.67. The highest BCUT2D eigenvalue weighted by molar-refractivity contribution is 5.67. The molecular weight excluding hydrogens is 234 g/mol. The Morgan fingerprint density at radius 2 is 1.89 bits per heavy atom. The van der Waals surface area contributed by atoms with Gasteiger partial charge in [0.1, 0.15) is 0 Å². The number of hydrogen-bond acceptors (Lipinski definition) is 3. The SMILES string of the molecule is Cc1cccc(N(C)c2cc(C)nc(C)c2CN)c1. The van der Waals surface area contributed by atoms with Gasteiger partial charge in [-0.25, -0.2) is 0 Å². The number of pyridine rings is 1. The molecule has 0 aliphatic carbocycles. The van der Waals surface area contributed by atoms with Crippen LogP contribution < -0.4 is 10.6 Å². The highest BCUT2D eigenvalue weighted by Crippen LogP contribution is 2.29. The van der Waals surface area contributed by atoms with Crippen LogP contribution >= 0.6 is 0 Å². The number of aromatic nitrogens is 1. The van der Waals surface area contributed by atoms with Gasteiger partial charge < -0.3 is 10.6 Å². The van der Waals surface area contributed by atoms with E-state index in [-0.39, 0.29) is 0 Å². The van der Waals surface area contributed by atoms with E-state index in [1.165, 1.54) is 11.3 Å². The van der Waals surface area contributed by atoms with Gasteiger partial charge in [-0.2, -0.15) is 0 Å². The molecule has 2 aromatic rings. The van der Waals surface area contributed by atoms with E-state index in [0.717, 1.165) is 22.6 Å². The Hall–Kier alpha value is -1.87. The van der Waals surface area contributed by atoms with E-state index in [2.05, 4.69) is 54.2 Å². The standard InChI is InChI=1S/C16H21N3/c1-11-6-5-7-14(8-11)19(4)16-9-12(2)18-13(3)15(16)10-17/h5-9H,10,17H2,1-4H3. The zero-order chi connectivity index (χ0) is 14.0. The Morgan fingerprint density at radius 3 is 2.53 bits per heavy atom. The van der Waals surface area contributed by atoms with Crippen LogP contribution in [0.3, 0.4) is 0 Å². The summed E-state index contributed by atoms with van der Waals surface area (Å²) in [6.07, 6.45) is 0. The van der Waals surface area contributed by atoms with Crippen molar-refractivity contribution in [3.63, 3.8) is 0 Å². The first kappa shape index (κ1) is 13.6. The van der Waals surface area contributed by atoms with Crippen molar-refractivity contribution in [2.45, 2.75) is 27.3 Å². The minimum absolute atomic E-state index is 0.505. The highest BCUT2D eigenvalue weighted by atomic mass is 15.1. The molecule has 0 aliphatic heterocycles. The van der Waals surface area contributed by atoms with Crippen molar-refractivity contribution in [3.8, 4) is 0 Å². The molecule has 3 nitrogen and oxygen atoms in total. The third-order valence-corrected chi connectivity index (χ3v) is 3.39. The summed E-state index contributed by atoms with van der Waals surface area (Å²) in [7, 11) is 2.07. The summed E-state index contributed by atoms with van der Waals surface area (Å²) < 4.78 is 0. The largest absolute Gasteiger partial charge is 0.344 e. The number of nitrogens with zero attached hydrogens (tertiary/aromatic N) is 2. The van der Waals surface area contributed by atoms with Gasteiger partial charge in [0.15, 0.2) is 0 Å². The van der Waals surface area contributed by atoms with Crippen LogP contribution in [0.25, 0.3) is 0 Å². The minimum atomic E-state index is 0.505. The average molecular weight is 255 g/mol. The molecule has 0 unspecified atom stereocenters. The molecule has 2 N–H and O–H groups in total. The second-order valence-corrected chi connectivity index (χ2v) is 4.95. The van der Waals surface area contributed by atoms with Crippen molar-refractivity contribution in [1.29, 1.82) is 0 Å². The fourth-order valence-electron chi connectivity index (χ4n) is 2.36. The molecule has 0 aliphatic rings. The van der Waals surface area contributed by atoms with Gasteiger partial charge >= 0.3 is 0 Å². The maximum absolute atomic E-state index is 5.88. The van der Waals surface area contributed by atoms with Crippen molar-refractivity contribution in [2.75, 3.05) is 11.9 Å². The molecule has 2 rings (SSSR count). The van der Waals surface area contributed by atoms with Crippen molar-refractivity contribution >= 4 is 11.4 Å². The maximum atomic E-state index is 5.88. The molecule has 0 saturated carbocycles. The number of benzene rings is 1. The quantitative estimate of drug-likeness (QED) is 0.915. The Bertz CT molecular complexity index is 591. The van der Waals surface area contributed by atoms with Gasteiger partial charge in [0, 0.05) is 41.9 Å². The predicted octanol–water partition coefficient (Wildman–Crippen LogP) is 3.23. The molecule has 0 saturated heterocycles. The molecule has 0 bridgehead atoms. The summed E-state index contributed by atoms with van der Waals surface area (Å²) in [5.74, 6) is 0. The smallest absolute Gasteiger partial charge is 0.0490 e. The molecule has 100 valence electrons. The molecule has 0 radical (unpaired) electrons. The predicted molar refractivity (Wildman–Crippen MR) is 80.8 cm³/mol. The molecule has 1 heterocycles. The van der Waals surface area contributed by atoms with Gasteiger partial charge in [-0.3, -0.25) is 4.98 Å². The number of rotatable bonds is 3. The normalized spacial score (nSPS) is 10.6. The molecular formula is C16H21N3. The summed E-state index contributed by atoms with van der Waals surface area (Å²) in [6.45, 7) is 6.64. The molecule has 0 atom stereocenters. The van der Waals surface area contributed by atoms with Crippen LogP contribution in [0, 0.1) is 20.8 Å². The van der Waals surface area contributed by atoms with Crippen LogP contribution in [-0.2, 0) is 6.54 Å². The maximum Gasteiger partial charge on any atom is 0.0490 e. The van der Waals surface area contributed by atoms with Crippen LogP contribution in [0.5, 0.6) is 0 Å². The number of nitrogens with two attached hydrogens (primary N) is 1. The van der Waals surface area contributed by atoms with Crippen LogP contribution in [0.15, 0.2) is 30.3 Å². The van der Waals surface area contributed by atoms with Crippen molar-refractivity contribution < 1.29 is 0 Å². The van der Waals surface area contributed by atoms with Crippen molar-refractivity contribution in [1.82, 2.24) is 4.98 Å². The van der Waals surface area contributed by atoms with Gasteiger partial charge in [0.2, 0.25) is 0 Å². The van der Waals surface area contributed by atoms with Gasteiger partial charge in [0.25, 0.3) is 0 Å². The van der Waals surface area contributed by atoms with E-state index in [1.807, 2.05) is 13.8 Å². The van der Waals surface area contributed by atoms with E-state index >= 15 is 0 Å². The number of aryl methyl sites for hydroxylation is 3. The van der Waals surface area contributed by atoms with E-state index in [0.29, 0.717) is 6.54 Å². The lowest BCUT2D eigenvalue weighted by atomic mass is 10.1. The first-order valence-electron chi connectivity index (χ1n) is 6.50. The average Bonchev–Trinajstić information content (AvgIpc) is 2.37. The fraction of sp³-hybridized carbons (Fsp3) is 0.312. The second kappa shape index (κ2) is 5.41. The van der Waals surface area contributed by atoms with Gasteiger partial charge in [-0.1, -0.05) is 12.1 Å². The molecule has 3 heteroatoms. The number of anilines is 2. The lowest BCUT2D eigenvalue weighted by Crippen LogP contribution is -2.15. The first-order chi connectivity index (χ1) is 9.02. The van der Waals surface area contributed by atoms with Gasteiger partial charge in [0.05, 0.1) is 0 Å². The summed E-state index contributed by atoms with van der Waals surface area (Å²) in [5.41, 5.74) is 12.6. The third kappa shape index (κ3) is 2.76. The topological polar surface area (TPSA) is 42.2 Å². The Kier molecular flexibility index (Phi) is 3.86. The summed E-state index contributed by atoms with van der Waals surface area (Å²) in [5, 5.41) is 0. The van der Waals surface area contributed by atoms with Gasteiger partial charge in [-0.05, 0) is 44.5 Å². The van der Waals surface area contributed by atoms with Crippen molar-refractivity contribution in [2.24, 2.45) is 5.73 Å². The highest BCUT2D eigenvalue weighted by Gasteiger charge is 2.12. The Morgan fingerprint density at radius 1 is 1.16 bits per heavy atom. The van der Waals surface area contributed by atoms with Gasteiger partial charge in [-0.15, -0.1) is 0 Å². The Balaban J connectivity index is 2.52. The molecule has 0 fully saturated rings. The van der Waals surface area contributed by atoms with Crippen molar-refractivity contribution in [3.05, 3.63) is 52.8 Å². The van der Waals surface area contributed by atoms with E-state index in [1.54, 1.807) is 0 Å². The van der Waals surface area contributed by atoms with E-state index in [9.17, 15) is 0 Å². The minimum Gasteiger partial charge on any atom is -0.344 e. The van der Waals surface area contributed by atoms with E-state index < -0.39 is 0 Å². The molecule has 0 spiro atoms.